The second kappa shape index (κ2) is 8.03. The number of nitrogens with zero attached hydrogens (tertiary/aromatic N) is 1. The van der Waals surface area contributed by atoms with E-state index in [9.17, 15) is 5.11 Å². The number of aromatic nitrogens is 1. The summed E-state index contributed by atoms with van der Waals surface area (Å²) in [6.45, 7) is 4.77. The first-order chi connectivity index (χ1) is 13.1. The van der Waals surface area contributed by atoms with Crippen molar-refractivity contribution in [2.75, 3.05) is 26.1 Å². The number of rotatable bonds is 7. The molecule has 0 amide bonds. The van der Waals surface area contributed by atoms with E-state index < -0.39 is 0 Å². The summed E-state index contributed by atoms with van der Waals surface area (Å²) >= 11 is 0. The van der Waals surface area contributed by atoms with Crippen molar-refractivity contribution >= 4 is 16.5 Å². The van der Waals surface area contributed by atoms with Gasteiger partial charge in [-0.15, -0.1) is 0 Å². The number of phenolic OH excluding ortho intramolecular Hbond substituents is 1. The molecule has 0 aliphatic carbocycles. The van der Waals surface area contributed by atoms with Crippen LogP contribution in [0.2, 0.25) is 0 Å². The molecule has 0 bridgehead atoms. The maximum absolute atomic E-state index is 10.5. The van der Waals surface area contributed by atoms with E-state index in [1.165, 1.54) is 0 Å². The van der Waals surface area contributed by atoms with Gasteiger partial charge in [0, 0.05) is 17.8 Å². The second-order valence-electron chi connectivity index (χ2n) is 6.07. The fourth-order valence-electron chi connectivity index (χ4n) is 3.14. The van der Waals surface area contributed by atoms with E-state index in [1.807, 2.05) is 32.0 Å². The van der Waals surface area contributed by atoms with E-state index in [0.29, 0.717) is 48.0 Å². The number of hydrogen-bond donors (Lipinski definition) is 2. The number of aromatic hydroxyl groups is 1. The molecule has 3 aromatic rings. The predicted octanol–water partition coefficient (Wildman–Crippen LogP) is 3.92. The van der Waals surface area contributed by atoms with Crippen molar-refractivity contribution in [3.8, 4) is 23.0 Å². The molecule has 1 heterocycles. The van der Waals surface area contributed by atoms with E-state index in [0.717, 1.165) is 16.5 Å². The van der Waals surface area contributed by atoms with Gasteiger partial charge in [-0.1, -0.05) is 6.07 Å². The standard InChI is InChI=1S/C21H24N2O4/c1-4-26-18-7-6-15-14(11-23-12-16(15)20(18)24)8-13-9-17(22)21(27-5-2)19(10-13)25-3/h6-7,9-12,24H,4-5,8,22H2,1-3H3. The minimum atomic E-state index is 0.104. The van der Waals surface area contributed by atoms with Gasteiger partial charge in [-0.3, -0.25) is 4.98 Å². The van der Waals surface area contributed by atoms with Crippen molar-refractivity contribution in [3.05, 3.63) is 47.8 Å². The van der Waals surface area contributed by atoms with E-state index in [4.69, 9.17) is 19.9 Å². The van der Waals surface area contributed by atoms with Crippen LogP contribution in [0.1, 0.15) is 25.0 Å². The van der Waals surface area contributed by atoms with Gasteiger partial charge in [0.05, 0.1) is 26.0 Å². The van der Waals surface area contributed by atoms with Crippen molar-refractivity contribution in [1.82, 2.24) is 4.98 Å². The lowest BCUT2D eigenvalue weighted by molar-refractivity contribution is 0.312. The molecule has 0 unspecified atom stereocenters. The van der Waals surface area contributed by atoms with Crippen molar-refractivity contribution in [2.45, 2.75) is 20.3 Å². The first-order valence-corrected chi connectivity index (χ1v) is 8.89. The van der Waals surface area contributed by atoms with Crippen molar-refractivity contribution < 1.29 is 19.3 Å². The normalized spacial score (nSPS) is 10.8. The minimum absolute atomic E-state index is 0.104. The Labute approximate surface area is 158 Å². The molecular weight excluding hydrogens is 344 g/mol. The van der Waals surface area contributed by atoms with Gasteiger partial charge in [-0.25, -0.2) is 0 Å². The summed E-state index contributed by atoms with van der Waals surface area (Å²) in [5, 5.41) is 12.0. The minimum Gasteiger partial charge on any atom is -0.504 e. The van der Waals surface area contributed by atoms with Crippen LogP contribution >= 0.6 is 0 Å². The molecule has 6 nitrogen and oxygen atoms in total. The zero-order valence-corrected chi connectivity index (χ0v) is 15.8. The molecular formula is C21H24N2O4. The number of ether oxygens (including phenoxy) is 3. The summed E-state index contributed by atoms with van der Waals surface area (Å²) in [4.78, 5) is 4.28. The lowest BCUT2D eigenvalue weighted by Gasteiger charge is -2.15. The number of fused-ring (bicyclic) bond motifs is 1. The van der Waals surface area contributed by atoms with Gasteiger partial charge < -0.3 is 25.1 Å². The first-order valence-electron chi connectivity index (χ1n) is 8.89. The average Bonchev–Trinajstić information content (AvgIpc) is 2.66. The van der Waals surface area contributed by atoms with Gasteiger partial charge in [-0.05, 0) is 55.0 Å². The molecule has 3 rings (SSSR count). The number of pyridine rings is 1. The lowest BCUT2D eigenvalue weighted by atomic mass is 9.99. The molecule has 0 atom stereocenters. The third-order valence-electron chi connectivity index (χ3n) is 4.31. The molecule has 0 fully saturated rings. The maximum atomic E-state index is 10.5. The van der Waals surface area contributed by atoms with Crippen molar-refractivity contribution in [3.63, 3.8) is 0 Å². The monoisotopic (exact) mass is 368 g/mol. The van der Waals surface area contributed by atoms with Gasteiger partial charge in [0.25, 0.3) is 0 Å². The molecule has 1 aromatic heterocycles. The summed E-state index contributed by atoms with van der Waals surface area (Å²) in [6, 6.07) is 7.50. The number of methoxy groups -OCH3 is 1. The van der Waals surface area contributed by atoms with E-state index >= 15 is 0 Å². The van der Waals surface area contributed by atoms with Gasteiger partial charge in [0.1, 0.15) is 0 Å². The second-order valence-corrected chi connectivity index (χ2v) is 6.07. The van der Waals surface area contributed by atoms with Crippen molar-refractivity contribution in [1.29, 1.82) is 0 Å². The smallest absolute Gasteiger partial charge is 0.184 e. The largest absolute Gasteiger partial charge is 0.504 e. The van der Waals surface area contributed by atoms with Gasteiger partial charge in [0.2, 0.25) is 0 Å². The Morgan fingerprint density at radius 2 is 1.78 bits per heavy atom. The zero-order valence-electron chi connectivity index (χ0n) is 15.8. The van der Waals surface area contributed by atoms with E-state index in [2.05, 4.69) is 4.98 Å². The molecule has 0 aliphatic heterocycles. The van der Waals surface area contributed by atoms with Crippen LogP contribution in [0, 0.1) is 0 Å². The number of hydrogen-bond acceptors (Lipinski definition) is 6. The van der Waals surface area contributed by atoms with Crippen molar-refractivity contribution in [2.24, 2.45) is 0 Å². The van der Waals surface area contributed by atoms with Crippen LogP contribution < -0.4 is 19.9 Å². The number of nitrogen functional groups attached to an aromatic ring is 1. The average molecular weight is 368 g/mol. The predicted molar refractivity (Wildman–Crippen MR) is 106 cm³/mol. The highest BCUT2D eigenvalue weighted by Gasteiger charge is 2.14. The molecule has 0 radical (unpaired) electrons. The molecule has 0 saturated carbocycles. The van der Waals surface area contributed by atoms with Crippen LogP contribution in [0.25, 0.3) is 10.8 Å². The third-order valence-corrected chi connectivity index (χ3v) is 4.31. The summed E-state index contributed by atoms with van der Waals surface area (Å²) in [5.74, 6) is 1.71. The Morgan fingerprint density at radius 3 is 2.48 bits per heavy atom. The fourth-order valence-corrected chi connectivity index (χ4v) is 3.14. The summed E-state index contributed by atoms with van der Waals surface area (Å²) in [5.41, 5.74) is 8.62. The molecule has 0 aliphatic rings. The Hall–Kier alpha value is -3.15. The molecule has 2 aromatic carbocycles. The molecule has 142 valence electrons. The van der Waals surface area contributed by atoms with Gasteiger partial charge in [0.15, 0.2) is 23.0 Å². The van der Waals surface area contributed by atoms with E-state index in [-0.39, 0.29) is 5.75 Å². The van der Waals surface area contributed by atoms with Crippen LogP contribution in [-0.4, -0.2) is 30.4 Å². The summed E-state index contributed by atoms with van der Waals surface area (Å²) < 4.78 is 16.5. The maximum Gasteiger partial charge on any atom is 0.184 e. The highest BCUT2D eigenvalue weighted by atomic mass is 16.5. The zero-order chi connectivity index (χ0) is 19.4. The Kier molecular flexibility index (Phi) is 5.54. The number of benzene rings is 2. The van der Waals surface area contributed by atoms with Crippen LogP contribution in [0.15, 0.2) is 36.7 Å². The Balaban J connectivity index is 2.02. The summed E-state index contributed by atoms with van der Waals surface area (Å²) in [7, 11) is 1.59. The van der Waals surface area contributed by atoms with Crippen LogP contribution in [0.4, 0.5) is 5.69 Å². The number of phenols is 1. The molecule has 0 saturated heterocycles. The van der Waals surface area contributed by atoms with Crippen LogP contribution in [0.5, 0.6) is 23.0 Å². The SMILES string of the molecule is CCOc1ccc2c(Cc3cc(N)c(OCC)c(OC)c3)cncc2c1O. The summed E-state index contributed by atoms with van der Waals surface area (Å²) in [6.07, 6.45) is 4.02. The topological polar surface area (TPSA) is 86.8 Å². The molecule has 27 heavy (non-hydrogen) atoms. The van der Waals surface area contributed by atoms with Gasteiger partial charge in [-0.2, -0.15) is 0 Å². The Bertz CT molecular complexity index is 957. The van der Waals surface area contributed by atoms with E-state index in [1.54, 1.807) is 25.6 Å². The lowest BCUT2D eigenvalue weighted by Crippen LogP contribution is -2.02. The molecule has 0 spiro atoms. The third kappa shape index (κ3) is 3.69. The number of nitrogens with two attached hydrogens (primary N) is 1. The first kappa shape index (κ1) is 18.6. The molecule has 3 N–H and O–H groups in total. The quantitative estimate of drug-likeness (QED) is 0.615. The highest BCUT2D eigenvalue weighted by Crippen LogP contribution is 2.38. The highest BCUT2D eigenvalue weighted by molar-refractivity contribution is 5.92. The van der Waals surface area contributed by atoms with Crippen LogP contribution in [-0.2, 0) is 6.42 Å². The molecule has 6 heteroatoms. The number of anilines is 1. The van der Waals surface area contributed by atoms with Crippen LogP contribution in [0.3, 0.4) is 0 Å². The Morgan fingerprint density at radius 1 is 1.00 bits per heavy atom. The van der Waals surface area contributed by atoms with Gasteiger partial charge >= 0.3 is 0 Å². The fraction of sp³-hybridized carbons (Fsp3) is 0.286.